The molecule has 27 heavy (non-hydrogen) atoms. The number of aromatic nitrogens is 1. The van der Waals surface area contributed by atoms with Crippen LogP contribution in [0.1, 0.15) is 29.6 Å². The van der Waals surface area contributed by atoms with Gasteiger partial charge in [0, 0.05) is 24.5 Å². The summed E-state index contributed by atoms with van der Waals surface area (Å²) >= 11 is 0. The van der Waals surface area contributed by atoms with Crippen LogP contribution in [0.5, 0.6) is 0 Å². The van der Waals surface area contributed by atoms with E-state index in [1.54, 1.807) is 12.3 Å². The molecule has 0 unspecified atom stereocenters. The number of aryl methyl sites for hydroxylation is 1. The molecule has 1 atom stereocenters. The Hall–Kier alpha value is -3.29. The van der Waals surface area contributed by atoms with E-state index in [9.17, 15) is 14.4 Å². The zero-order valence-corrected chi connectivity index (χ0v) is 15.7. The van der Waals surface area contributed by atoms with Gasteiger partial charge in [-0.05, 0) is 50.6 Å². The van der Waals surface area contributed by atoms with E-state index in [0.717, 1.165) is 22.7 Å². The Morgan fingerprint density at radius 3 is 2.70 bits per heavy atom. The number of carbonyl (C=O) groups excluding carboxylic acids is 3. The van der Waals surface area contributed by atoms with E-state index in [1.165, 1.54) is 20.0 Å². The second kappa shape index (κ2) is 8.88. The molecule has 0 aliphatic rings. The summed E-state index contributed by atoms with van der Waals surface area (Å²) in [4.78, 5) is 34.7. The maximum absolute atomic E-state index is 11.9. The highest BCUT2D eigenvalue weighted by atomic mass is 16.5. The SMILES string of the molecule is CNC(=O)NC(=O)[C@@H](C)OC(=O)/C=C/c1cc(C)n(Cc2ccco2)c1C. The number of urea groups is 1. The van der Waals surface area contributed by atoms with Gasteiger partial charge in [0.2, 0.25) is 0 Å². The summed E-state index contributed by atoms with van der Waals surface area (Å²) in [5.74, 6) is -0.541. The number of carbonyl (C=O) groups is 3. The summed E-state index contributed by atoms with van der Waals surface area (Å²) in [5, 5.41) is 4.29. The van der Waals surface area contributed by atoms with Crippen LogP contribution in [0.15, 0.2) is 35.0 Å². The number of hydrogen-bond donors (Lipinski definition) is 2. The van der Waals surface area contributed by atoms with Crippen LogP contribution in [0, 0.1) is 13.8 Å². The summed E-state index contributed by atoms with van der Waals surface area (Å²) < 4.78 is 12.5. The highest BCUT2D eigenvalue weighted by molar-refractivity contribution is 5.98. The Bertz CT molecular complexity index is 849. The van der Waals surface area contributed by atoms with Gasteiger partial charge in [-0.15, -0.1) is 0 Å². The fourth-order valence-electron chi connectivity index (χ4n) is 2.50. The third kappa shape index (κ3) is 5.34. The lowest BCUT2D eigenvalue weighted by molar-refractivity contribution is -0.149. The summed E-state index contributed by atoms with van der Waals surface area (Å²) in [6.07, 6.45) is 3.42. The number of furan rings is 1. The lowest BCUT2D eigenvalue weighted by Crippen LogP contribution is -2.43. The molecule has 2 N–H and O–H groups in total. The van der Waals surface area contributed by atoms with Gasteiger partial charge in [-0.1, -0.05) is 0 Å². The fourth-order valence-corrected chi connectivity index (χ4v) is 2.50. The zero-order chi connectivity index (χ0) is 20.0. The van der Waals surface area contributed by atoms with Crippen LogP contribution < -0.4 is 10.6 Å². The van der Waals surface area contributed by atoms with Crippen LogP contribution in [0.25, 0.3) is 6.08 Å². The number of nitrogens with one attached hydrogen (secondary N) is 2. The standard InChI is InChI=1S/C19H23N3O5/c1-12-10-15(13(2)22(12)11-16-6-5-9-26-16)7-8-17(23)27-14(3)18(24)21-19(25)20-4/h5-10,14H,11H2,1-4H3,(H2,20,21,24,25)/b8-7+/t14-/m1/s1. The average Bonchev–Trinajstić information content (AvgIpc) is 3.23. The minimum absolute atomic E-state index is 0.597. The Balaban J connectivity index is 2.00. The predicted octanol–water partition coefficient (Wildman–Crippen LogP) is 2.15. The average molecular weight is 373 g/mol. The molecule has 2 rings (SSSR count). The molecule has 0 saturated carbocycles. The van der Waals surface area contributed by atoms with Crippen LogP contribution >= 0.6 is 0 Å². The van der Waals surface area contributed by atoms with Crippen LogP contribution in [-0.4, -0.2) is 35.6 Å². The van der Waals surface area contributed by atoms with E-state index in [0.29, 0.717) is 6.54 Å². The predicted molar refractivity (Wildman–Crippen MR) is 98.9 cm³/mol. The van der Waals surface area contributed by atoms with Gasteiger partial charge in [0.05, 0.1) is 12.8 Å². The molecule has 0 bridgehead atoms. The number of imide groups is 1. The highest BCUT2D eigenvalue weighted by Crippen LogP contribution is 2.18. The third-order valence-electron chi connectivity index (χ3n) is 4.03. The van der Waals surface area contributed by atoms with Crippen LogP contribution in [0.2, 0.25) is 0 Å². The zero-order valence-electron chi connectivity index (χ0n) is 15.7. The van der Waals surface area contributed by atoms with Crippen molar-refractivity contribution in [2.45, 2.75) is 33.4 Å². The van der Waals surface area contributed by atoms with E-state index in [2.05, 4.69) is 9.88 Å². The van der Waals surface area contributed by atoms with Gasteiger partial charge in [0.15, 0.2) is 6.10 Å². The molecule has 144 valence electrons. The van der Waals surface area contributed by atoms with Gasteiger partial charge in [-0.25, -0.2) is 9.59 Å². The highest BCUT2D eigenvalue weighted by Gasteiger charge is 2.18. The third-order valence-corrected chi connectivity index (χ3v) is 4.03. The van der Waals surface area contributed by atoms with Gasteiger partial charge in [0.1, 0.15) is 5.76 Å². The molecule has 2 aromatic heterocycles. The van der Waals surface area contributed by atoms with Gasteiger partial charge in [-0.2, -0.15) is 0 Å². The van der Waals surface area contributed by atoms with Crippen LogP contribution in [-0.2, 0) is 20.9 Å². The van der Waals surface area contributed by atoms with Gasteiger partial charge >= 0.3 is 12.0 Å². The normalized spacial score (nSPS) is 12.0. The molecule has 0 aliphatic carbocycles. The number of hydrogen-bond acceptors (Lipinski definition) is 5. The van der Waals surface area contributed by atoms with E-state index >= 15 is 0 Å². The number of amides is 3. The lowest BCUT2D eigenvalue weighted by Gasteiger charge is -2.11. The van der Waals surface area contributed by atoms with Gasteiger partial charge in [0.25, 0.3) is 5.91 Å². The van der Waals surface area contributed by atoms with Crippen molar-refractivity contribution in [2.75, 3.05) is 7.05 Å². The van der Waals surface area contributed by atoms with Crippen molar-refractivity contribution in [3.05, 3.63) is 53.2 Å². The molecule has 2 heterocycles. The minimum atomic E-state index is -1.09. The first-order chi connectivity index (χ1) is 12.8. The smallest absolute Gasteiger partial charge is 0.331 e. The molecule has 0 spiro atoms. The fraction of sp³-hybridized carbons (Fsp3) is 0.316. The molecule has 8 heteroatoms. The molecule has 0 aromatic carbocycles. The van der Waals surface area contributed by atoms with Crippen LogP contribution in [0.3, 0.4) is 0 Å². The minimum Gasteiger partial charge on any atom is -0.467 e. The molecule has 0 fully saturated rings. The number of ether oxygens (including phenoxy) is 1. The molecular formula is C19H23N3O5. The van der Waals surface area contributed by atoms with Crippen molar-refractivity contribution < 1.29 is 23.5 Å². The Kier molecular flexibility index (Phi) is 6.59. The first-order valence-electron chi connectivity index (χ1n) is 8.42. The number of esters is 1. The first-order valence-corrected chi connectivity index (χ1v) is 8.42. The van der Waals surface area contributed by atoms with E-state index in [1.807, 2.05) is 37.4 Å². The molecule has 0 radical (unpaired) electrons. The molecule has 0 aliphatic heterocycles. The van der Waals surface area contributed by atoms with E-state index in [-0.39, 0.29) is 0 Å². The van der Waals surface area contributed by atoms with Crippen molar-refractivity contribution in [1.82, 2.24) is 15.2 Å². The van der Waals surface area contributed by atoms with Crippen molar-refractivity contribution in [1.29, 1.82) is 0 Å². The van der Waals surface area contributed by atoms with Crippen LogP contribution in [0.4, 0.5) is 4.79 Å². The van der Waals surface area contributed by atoms with Gasteiger partial charge in [-0.3, -0.25) is 10.1 Å². The lowest BCUT2D eigenvalue weighted by atomic mass is 10.2. The largest absolute Gasteiger partial charge is 0.467 e. The second-order valence-corrected chi connectivity index (χ2v) is 5.97. The summed E-state index contributed by atoms with van der Waals surface area (Å²) in [6, 6.07) is 5.02. The molecule has 0 saturated heterocycles. The van der Waals surface area contributed by atoms with E-state index < -0.39 is 24.0 Å². The number of nitrogens with zero attached hydrogens (tertiary/aromatic N) is 1. The van der Waals surface area contributed by atoms with Crippen molar-refractivity contribution in [3.8, 4) is 0 Å². The maximum atomic E-state index is 11.9. The first kappa shape index (κ1) is 20.0. The molecule has 8 nitrogen and oxygen atoms in total. The van der Waals surface area contributed by atoms with Crippen molar-refractivity contribution in [3.63, 3.8) is 0 Å². The molecular weight excluding hydrogens is 350 g/mol. The van der Waals surface area contributed by atoms with Gasteiger partial charge < -0.3 is 19.0 Å². The van der Waals surface area contributed by atoms with Crippen molar-refractivity contribution in [2.24, 2.45) is 0 Å². The Labute approximate surface area is 157 Å². The van der Waals surface area contributed by atoms with E-state index in [4.69, 9.17) is 9.15 Å². The quantitative estimate of drug-likeness (QED) is 0.597. The monoisotopic (exact) mass is 373 g/mol. The number of rotatable bonds is 6. The molecule has 2 aromatic rings. The Morgan fingerprint density at radius 1 is 1.33 bits per heavy atom. The summed E-state index contributed by atoms with van der Waals surface area (Å²) in [6.45, 7) is 5.90. The Morgan fingerprint density at radius 2 is 2.07 bits per heavy atom. The summed E-state index contributed by atoms with van der Waals surface area (Å²) in [7, 11) is 1.38. The topological polar surface area (TPSA) is 103 Å². The molecule has 3 amide bonds. The maximum Gasteiger partial charge on any atom is 0.331 e. The summed E-state index contributed by atoms with van der Waals surface area (Å²) in [5.41, 5.74) is 2.85. The second-order valence-electron chi connectivity index (χ2n) is 5.97. The van der Waals surface area contributed by atoms with Crippen molar-refractivity contribution >= 4 is 24.0 Å².